The fraction of sp³-hybridized carbons (Fsp3) is 0.250. The van der Waals surface area contributed by atoms with Crippen LogP contribution in [-0.4, -0.2) is 29.3 Å². The molecule has 3 rings (SSSR count). The molecule has 0 fully saturated rings. The minimum absolute atomic E-state index is 0.0496. The van der Waals surface area contributed by atoms with Crippen LogP contribution in [0.5, 0.6) is 0 Å². The summed E-state index contributed by atoms with van der Waals surface area (Å²) >= 11 is 0. The number of hydrogen-bond acceptors (Lipinski definition) is 4. The zero-order chi connectivity index (χ0) is 18.9. The van der Waals surface area contributed by atoms with Crippen LogP contribution in [0.25, 0.3) is 5.65 Å². The molecule has 0 aliphatic carbocycles. The van der Waals surface area contributed by atoms with Crippen LogP contribution in [0.4, 0.5) is 13.2 Å². The Morgan fingerprint density at radius 1 is 1.23 bits per heavy atom. The van der Waals surface area contributed by atoms with Gasteiger partial charge in [-0.25, -0.2) is 23.1 Å². The van der Waals surface area contributed by atoms with Crippen molar-refractivity contribution in [2.75, 3.05) is 6.54 Å². The van der Waals surface area contributed by atoms with E-state index in [9.17, 15) is 21.6 Å². The Hall–Kier alpha value is -2.46. The predicted octanol–water partition coefficient (Wildman–Crippen LogP) is 2.58. The van der Waals surface area contributed by atoms with E-state index >= 15 is 0 Å². The van der Waals surface area contributed by atoms with Gasteiger partial charge in [-0.15, -0.1) is 0 Å². The van der Waals surface area contributed by atoms with Crippen LogP contribution in [0.15, 0.2) is 47.9 Å². The highest BCUT2D eigenvalue weighted by Gasteiger charge is 2.31. The zero-order valence-electron chi connectivity index (χ0n) is 13.7. The molecule has 3 aromatic rings. The van der Waals surface area contributed by atoms with Crippen molar-refractivity contribution in [2.45, 2.75) is 24.5 Å². The highest BCUT2D eigenvalue weighted by Crippen LogP contribution is 2.28. The van der Waals surface area contributed by atoms with E-state index in [2.05, 4.69) is 14.7 Å². The van der Waals surface area contributed by atoms with Gasteiger partial charge in [0.2, 0.25) is 0 Å². The van der Waals surface area contributed by atoms with E-state index in [1.807, 2.05) is 29.7 Å². The Morgan fingerprint density at radius 3 is 2.62 bits per heavy atom. The Morgan fingerprint density at radius 2 is 2.00 bits per heavy atom. The van der Waals surface area contributed by atoms with Gasteiger partial charge in [-0.2, -0.15) is 13.2 Å². The molecular weight excluding hydrogens is 369 g/mol. The van der Waals surface area contributed by atoms with Crippen molar-refractivity contribution in [2.24, 2.45) is 0 Å². The predicted molar refractivity (Wildman–Crippen MR) is 88.1 cm³/mol. The summed E-state index contributed by atoms with van der Waals surface area (Å²) in [7, 11) is -3.99. The van der Waals surface area contributed by atoms with Gasteiger partial charge in [0.25, 0.3) is 10.0 Å². The summed E-state index contributed by atoms with van der Waals surface area (Å²) in [4.78, 5) is 7.83. The quantitative estimate of drug-likeness (QED) is 0.734. The molecule has 0 saturated carbocycles. The van der Waals surface area contributed by atoms with Gasteiger partial charge >= 0.3 is 6.18 Å². The van der Waals surface area contributed by atoms with Gasteiger partial charge in [0.15, 0.2) is 5.03 Å². The maximum atomic E-state index is 12.5. The van der Waals surface area contributed by atoms with Gasteiger partial charge in [0.1, 0.15) is 5.65 Å². The second kappa shape index (κ2) is 6.69. The van der Waals surface area contributed by atoms with Crippen molar-refractivity contribution >= 4 is 15.7 Å². The molecule has 26 heavy (non-hydrogen) atoms. The van der Waals surface area contributed by atoms with E-state index < -0.39 is 26.8 Å². The molecule has 0 unspecified atom stereocenters. The Balaban J connectivity index is 1.67. The van der Waals surface area contributed by atoms with Gasteiger partial charge in [-0.05, 0) is 30.7 Å². The largest absolute Gasteiger partial charge is 0.417 e. The molecule has 3 aromatic heterocycles. The molecule has 3 heterocycles. The molecule has 0 aliphatic heterocycles. The van der Waals surface area contributed by atoms with Gasteiger partial charge in [-0.1, -0.05) is 6.07 Å². The molecule has 0 spiro atoms. The minimum Gasteiger partial charge on any atom is -0.307 e. The van der Waals surface area contributed by atoms with Crippen molar-refractivity contribution in [3.63, 3.8) is 0 Å². The molecule has 6 nitrogen and oxygen atoms in total. The molecule has 0 saturated heterocycles. The number of pyridine rings is 2. The molecule has 0 amide bonds. The maximum absolute atomic E-state index is 12.5. The highest BCUT2D eigenvalue weighted by atomic mass is 32.2. The molecular formula is C16H15F3N4O2S. The van der Waals surface area contributed by atoms with Crippen LogP contribution in [0, 0.1) is 6.92 Å². The molecule has 0 aliphatic rings. The van der Waals surface area contributed by atoms with Gasteiger partial charge in [-0.3, -0.25) is 0 Å². The third-order valence-electron chi connectivity index (χ3n) is 3.74. The van der Waals surface area contributed by atoms with E-state index in [1.54, 1.807) is 6.20 Å². The third kappa shape index (κ3) is 3.86. The lowest BCUT2D eigenvalue weighted by Gasteiger charge is -2.08. The van der Waals surface area contributed by atoms with E-state index in [-0.39, 0.29) is 6.54 Å². The van der Waals surface area contributed by atoms with Crippen molar-refractivity contribution in [1.82, 2.24) is 19.1 Å². The first-order chi connectivity index (χ1) is 12.2. The molecule has 0 bridgehead atoms. The van der Waals surface area contributed by atoms with Gasteiger partial charge in [0.05, 0.1) is 11.3 Å². The van der Waals surface area contributed by atoms with Crippen LogP contribution in [0.2, 0.25) is 0 Å². The lowest BCUT2D eigenvalue weighted by Crippen LogP contribution is -2.27. The van der Waals surface area contributed by atoms with Crippen LogP contribution in [-0.2, 0) is 22.6 Å². The average Bonchev–Trinajstić information content (AvgIpc) is 2.98. The van der Waals surface area contributed by atoms with Crippen LogP contribution in [0.1, 0.15) is 16.8 Å². The molecule has 0 atom stereocenters. The first kappa shape index (κ1) is 18.3. The lowest BCUT2D eigenvalue weighted by atomic mass is 10.3. The molecule has 1 N–H and O–H groups in total. The van der Waals surface area contributed by atoms with Crippen molar-refractivity contribution in [3.05, 3.63) is 59.7 Å². The first-order valence-corrected chi connectivity index (χ1v) is 9.11. The summed E-state index contributed by atoms with van der Waals surface area (Å²) in [6.45, 7) is 1.97. The molecule has 0 aromatic carbocycles. The Bertz CT molecular complexity index is 1030. The number of nitrogens with one attached hydrogen (secondary N) is 1. The lowest BCUT2D eigenvalue weighted by molar-refractivity contribution is -0.137. The number of halogens is 3. The average molecular weight is 384 g/mol. The summed E-state index contributed by atoms with van der Waals surface area (Å²) in [5, 5.41) is -0.462. The fourth-order valence-corrected chi connectivity index (χ4v) is 3.38. The normalized spacial score (nSPS) is 12.6. The van der Waals surface area contributed by atoms with E-state index in [1.165, 1.54) is 0 Å². The SMILES string of the molecule is Cc1cccn2cc(CCNS(=O)(=O)c3ccc(C(F)(F)F)cn3)nc12. The van der Waals surface area contributed by atoms with Gasteiger partial charge < -0.3 is 4.40 Å². The zero-order valence-corrected chi connectivity index (χ0v) is 14.5. The summed E-state index contributed by atoms with van der Waals surface area (Å²) < 4.78 is 65.9. The third-order valence-corrected chi connectivity index (χ3v) is 5.12. The number of alkyl halides is 3. The number of imidazole rings is 1. The molecule has 0 radical (unpaired) electrons. The smallest absolute Gasteiger partial charge is 0.307 e. The van der Waals surface area contributed by atoms with Crippen LogP contribution in [0.3, 0.4) is 0 Å². The van der Waals surface area contributed by atoms with Crippen LogP contribution < -0.4 is 4.72 Å². The fourth-order valence-electron chi connectivity index (χ4n) is 2.42. The Kier molecular flexibility index (Phi) is 4.72. The number of sulfonamides is 1. The molecule has 138 valence electrons. The minimum atomic E-state index is -4.57. The van der Waals surface area contributed by atoms with Crippen molar-refractivity contribution in [3.8, 4) is 0 Å². The van der Waals surface area contributed by atoms with Gasteiger partial charge in [0, 0.05) is 31.6 Å². The number of rotatable bonds is 5. The molecule has 10 heteroatoms. The summed E-state index contributed by atoms with van der Waals surface area (Å²) in [5.74, 6) is 0. The van der Waals surface area contributed by atoms with E-state index in [0.29, 0.717) is 24.4 Å². The Labute approximate surface area is 147 Å². The number of fused-ring (bicyclic) bond motifs is 1. The highest BCUT2D eigenvalue weighted by molar-refractivity contribution is 7.89. The second-order valence-electron chi connectivity index (χ2n) is 5.68. The number of aromatic nitrogens is 3. The van der Waals surface area contributed by atoms with E-state index in [0.717, 1.165) is 17.3 Å². The topological polar surface area (TPSA) is 76.4 Å². The number of aryl methyl sites for hydroxylation is 1. The second-order valence-corrected chi connectivity index (χ2v) is 7.40. The monoisotopic (exact) mass is 384 g/mol. The number of nitrogens with zero attached hydrogens (tertiary/aromatic N) is 3. The van der Waals surface area contributed by atoms with Crippen molar-refractivity contribution in [1.29, 1.82) is 0 Å². The van der Waals surface area contributed by atoms with Crippen LogP contribution >= 0.6 is 0 Å². The number of hydrogen-bond donors (Lipinski definition) is 1. The standard InChI is InChI=1S/C16H15F3N4O2S/c1-11-3-2-8-23-10-13(22-15(11)23)6-7-21-26(24,25)14-5-4-12(9-20-14)16(17,18)19/h2-5,8-10,21H,6-7H2,1H3. The maximum Gasteiger partial charge on any atom is 0.417 e. The summed E-state index contributed by atoms with van der Waals surface area (Å²) in [6.07, 6.45) is -0.0907. The summed E-state index contributed by atoms with van der Waals surface area (Å²) in [6, 6.07) is 5.32. The summed E-state index contributed by atoms with van der Waals surface area (Å²) in [5.41, 5.74) is 1.47. The first-order valence-electron chi connectivity index (χ1n) is 7.63. The van der Waals surface area contributed by atoms with Crippen molar-refractivity contribution < 1.29 is 21.6 Å². The van der Waals surface area contributed by atoms with E-state index in [4.69, 9.17) is 0 Å².